The molecule has 1 unspecified atom stereocenters. The van der Waals surface area contributed by atoms with E-state index in [0.29, 0.717) is 10.0 Å². The van der Waals surface area contributed by atoms with Crippen molar-refractivity contribution in [1.82, 2.24) is 4.90 Å². The molecule has 0 aliphatic heterocycles. The number of hydrogen-bond donors (Lipinski definition) is 2. The minimum Gasteiger partial charge on any atom is -0.492 e. The zero-order chi connectivity index (χ0) is 34.4. The lowest BCUT2D eigenvalue weighted by atomic mass is 9.97. The summed E-state index contributed by atoms with van der Waals surface area (Å²) >= 11 is 3.07. The number of ether oxygens (including phenoxy) is 2. The molecule has 2 aromatic carbocycles. The van der Waals surface area contributed by atoms with Gasteiger partial charge in [0, 0.05) is 23.2 Å². The average molecular weight is 733 g/mol. The maximum atomic E-state index is 14.6. The van der Waals surface area contributed by atoms with E-state index < -0.39 is 67.7 Å². The molecule has 0 saturated carbocycles. The van der Waals surface area contributed by atoms with Gasteiger partial charge in [-0.2, -0.15) is 48.3 Å². The van der Waals surface area contributed by atoms with Gasteiger partial charge in [0.15, 0.2) is 6.10 Å². The fraction of sp³-hybridized carbons (Fsp3) is 0.462. The molecular weight excluding hydrogens is 709 g/mol. The van der Waals surface area contributed by atoms with Crippen LogP contribution in [0, 0.1) is 0 Å². The van der Waals surface area contributed by atoms with Crippen LogP contribution in [0.2, 0.25) is 0 Å². The number of aliphatic carboxylic acids is 1. The molecule has 2 rings (SSSR count). The Morgan fingerprint density at radius 1 is 0.867 bits per heavy atom. The van der Waals surface area contributed by atoms with Gasteiger partial charge in [0.05, 0.1) is 13.1 Å². The normalized spacial score (nSPS) is 13.7. The van der Waals surface area contributed by atoms with Crippen LogP contribution in [0.25, 0.3) is 0 Å². The van der Waals surface area contributed by atoms with Crippen molar-refractivity contribution in [2.45, 2.75) is 49.3 Å². The number of benzene rings is 2. The molecule has 45 heavy (non-hydrogen) atoms. The molecule has 0 bridgehead atoms. The number of hydrogen-bond acceptors (Lipinski definition) is 4. The fourth-order valence-corrected chi connectivity index (χ4v) is 3.82. The van der Waals surface area contributed by atoms with Crippen LogP contribution in [0.1, 0.15) is 12.5 Å². The Morgan fingerprint density at radius 2 is 1.42 bits per heavy atom. The van der Waals surface area contributed by atoms with Crippen LogP contribution in [0.15, 0.2) is 53.0 Å². The number of rotatable bonds is 15. The second kappa shape index (κ2) is 14.4. The van der Waals surface area contributed by atoms with E-state index in [4.69, 9.17) is 9.47 Å². The maximum absolute atomic E-state index is 14.6. The van der Waals surface area contributed by atoms with Gasteiger partial charge < -0.3 is 24.8 Å². The van der Waals surface area contributed by atoms with E-state index in [1.807, 2.05) is 5.32 Å². The average Bonchev–Trinajstić information content (AvgIpc) is 2.93. The molecule has 0 saturated heterocycles. The highest BCUT2D eigenvalue weighted by Gasteiger charge is 2.87. The van der Waals surface area contributed by atoms with Crippen molar-refractivity contribution >= 4 is 33.6 Å². The summed E-state index contributed by atoms with van der Waals surface area (Å²) < 4.78 is 160. The van der Waals surface area contributed by atoms with E-state index in [9.17, 15) is 63.0 Å². The first-order chi connectivity index (χ1) is 20.6. The van der Waals surface area contributed by atoms with Gasteiger partial charge in [0.2, 0.25) is 0 Å². The van der Waals surface area contributed by atoms with Crippen molar-refractivity contribution in [2.24, 2.45) is 0 Å². The molecule has 7 nitrogen and oxygen atoms in total. The zero-order valence-electron chi connectivity index (χ0n) is 22.8. The van der Waals surface area contributed by atoms with Crippen molar-refractivity contribution in [3.8, 4) is 5.75 Å². The van der Waals surface area contributed by atoms with E-state index in [-0.39, 0.29) is 29.4 Å². The number of anilines is 1. The van der Waals surface area contributed by atoms with Gasteiger partial charge in [-0.05, 0) is 48.9 Å². The first-order valence-corrected chi connectivity index (χ1v) is 13.3. The van der Waals surface area contributed by atoms with Crippen molar-refractivity contribution in [3.05, 3.63) is 58.6 Å². The molecule has 2 amide bonds. The fourth-order valence-electron chi connectivity index (χ4n) is 3.56. The number of carboxylic acid groups (broad SMARTS) is 1. The third kappa shape index (κ3) is 8.89. The number of halogens is 12. The summed E-state index contributed by atoms with van der Waals surface area (Å²) in [5.41, 5.74) is 0.331. The quantitative estimate of drug-likeness (QED) is 0.185. The monoisotopic (exact) mass is 732 g/mol. The summed E-state index contributed by atoms with van der Waals surface area (Å²) in [6, 6.07) is 8.77. The second-order valence-electron chi connectivity index (χ2n) is 9.26. The van der Waals surface area contributed by atoms with Gasteiger partial charge in [-0.1, -0.05) is 28.1 Å². The number of nitrogens with one attached hydrogen (secondary N) is 1. The second-order valence-corrected chi connectivity index (χ2v) is 10.2. The van der Waals surface area contributed by atoms with E-state index in [2.05, 4.69) is 15.9 Å². The lowest BCUT2D eigenvalue weighted by Crippen LogP contribution is -2.68. The molecule has 19 heteroatoms. The van der Waals surface area contributed by atoms with Gasteiger partial charge >= 0.3 is 41.9 Å². The highest BCUT2D eigenvalue weighted by molar-refractivity contribution is 9.10. The Balaban J connectivity index is 2.27. The third-order valence-corrected chi connectivity index (χ3v) is 6.52. The molecule has 0 radical (unpaired) electrons. The number of alkyl halides is 11. The Hall–Kier alpha value is -3.35. The van der Waals surface area contributed by atoms with Gasteiger partial charge in [-0.15, -0.1) is 0 Å². The Morgan fingerprint density at radius 3 is 1.91 bits per heavy atom. The van der Waals surface area contributed by atoms with Crippen molar-refractivity contribution < 1.29 is 72.5 Å². The SMILES string of the molecule is CCOC(Cc1ccc(OCCN(CC(F)(F)C(F)(F)C(F)(F)C(F)(F)C(F)(F)F)C(=O)Nc2ccc(Br)cc2)cc1)C(=O)O. The third-order valence-electron chi connectivity index (χ3n) is 5.99. The number of urea groups is 1. The van der Waals surface area contributed by atoms with E-state index in [1.54, 1.807) is 6.92 Å². The molecule has 0 heterocycles. The summed E-state index contributed by atoms with van der Waals surface area (Å²) in [6.45, 7) is -2.92. The maximum Gasteiger partial charge on any atom is 0.460 e. The number of nitrogens with zero attached hydrogens (tertiary/aromatic N) is 1. The molecule has 252 valence electrons. The van der Waals surface area contributed by atoms with Crippen molar-refractivity contribution in [1.29, 1.82) is 0 Å². The summed E-state index contributed by atoms with van der Waals surface area (Å²) in [5, 5.41) is 11.2. The van der Waals surface area contributed by atoms with Gasteiger partial charge in [-0.25, -0.2) is 9.59 Å². The van der Waals surface area contributed by atoms with Crippen LogP contribution in [0.3, 0.4) is 0 Å². The molecule has 0 spiro atoms. The largest absolute Gasteiger partial charge is 0.492 e. The molecule has 0 aliphatic carbocycles. The van der Waals surface area contributed by atoms with Crippen molar-refractivity contribution in [2.75, 3.05) is 31.6 Å². The Labute approximate surface area is 256 Å². The molecule has 2 aromatic rings. The lowest BCUT2D eigenvalue weighted by Gasteiger charge is -2.38. The minimum atomic E-state index is -7.63. The van der Waals surface area contributed by atoms with E-state index >= 15 is 0 Å². The lowest BCUT2D eigenvalue weighted by molar-refractivity contribution is -0.422. The summed E-state index contributed by atoms with van der Waals surface area (Å²) in [7, 11) is 0. The summed E-state index contributed by atoms with van der Waals surface area (Å²) in [5.74, 6) is -30.1. The van der Waals surface area contributed by atoms with Crippen LogP contribution in [0.5, 0.6) is 5.75 Å². The van der Waals surface area contributed by atoms with E-state index in [0.717, 1.165) is 0 Å². The van der Waals surface area contributed by atoms with Crippen LogP contribution < -0.4 is 10.1 Å². The molecule has 0 aromatic heterocycles. The van der Waals surface area contributed by atoms with Crippen LogP contribution >= 0.6 is 15.9 Å². The van der Waals surface area contributed by atoms with Crippen LogP contribution in [-0.2, 0) is 16.0 Å². The molecule has 0 fully saturated rings. The number of amides is 2. The topological polar surface area (TPSA) is 88.1 Å². The smallest absolute Gasteiger partial charge is 0.460 e. The van der Waals surface area contributed by atoms with Gasteiger partial charge in [-0.3, -0.25) is 0 Å². The zero-order valence-corrected chi connectivity index (χ0v) is 24.4. The molecule has 2 N–H and O–H groups in total. The highest BCUT2D eigenvalue weighted by Crippen LogP contribution is 2.57. The number of carbonyl (C=O) groups is 2. The molecule has 0 aliphatic rings. The summed E-state index contributed by atoms with van der Waals surface area (Å²) in [6.07, 6.45) is -8.56. The molecule has 1 atom stereocenters. The van der Waals surface area contributed by atoms with Gasteiger partial charge in [0.1, 0.15) is 12.4 Å². The minimum absolute atomic E-state index is 0.0243. The standard InChI is InChI=1S/C26H24BrF11N2O5/c1-2-44-19(20(41)42)13-15-3-9-18(10-4-15)45-12-11-40(21(43)39-17-7-5-16(27)6-8-17)14-22(28,29)23(30,31)24(32,33)25(34,35)26(36,37)38/h3-10,19H,2,11-14H2,1H3,(H,39,43)(H,41,42). The first-order valence-electron chi connectivity index (χ1n) is 12.5. The molecular formula is C26H24BrF11N2O5. The Bertz CT molecular complexity index is 1290. The van der Waals surface area contributed by atoms with Gasteiger partial charge in [0.25, 0.3) is 0 Å². The first kappa shape index (κ1) is 37.8. The van der Waals surface area contributed by atoms with Crippen molar-refractivity contribution in [3.63, 3.8) is 0 Å². The van der Waals surface area contributed by atoms with E-state index in [1.165, 1.54) is 48.5 Å². The summed E-state index contributed by atoms with van der Waals surface area (Å²) in [4.78, 5) is 23.7. The Kier molecular flexibility index (Phi) is 12.1. The predicted octanol–water partition coefficient (Wildman–Crippen LogP) is 7.50. The number of carbonyl (C=O) groups excluding carboxylic acids is 1. The number of carboxylic acids is 1. The van der Waals surface area contributed by atoms with Crippen LogP contribution in [-0.4, -0.2) is 84.3 Å². The van der Waals surface area contributed by atoms with Crippen LogP contribution in [0.4, 0.5) is 58.8 Å². The predicted molar refractivity (Wildman–Crippen MR) is 139 cm³/mol. The highest BCUT2D eigenvalue weighted by atomic mass is 79.9.